The second-order valence-corrected chi connectivity index (χ2v) is 5.07. The molecule has 120 valence electrons. The fourth-order valence-corrected chi connectivity index (χ4v) is 2.04. The maximum absolute atomic E-state index is 11.9. The van der Waals surface area contributed by atoms with Gasteiger partial charge in [0.15, 0.2) is 0 Å². The van der Waals surface area contributed by atoms with Crippen LogP contribution in [-0.4, -0.2) is 27.9 Å². The third-order valence-corrected chi connectivity index (χ3v) is 3.28. The van der Waals surface area contributed by atoms with Crippen LogP contribution in [0.1, 0.15) is 17.5 Å². The van der Waals surface area contributed by atoms with Crippen LogP contribution in [0.15, 0.2) is 49.1 Å². The lowest BCUT2D eigenvalue weighted by molar-refractivity contribution is -0.697. The Hall–Kier alpha value is -2.80. The van der Waals surface area contributed by atoms with Gasteiger partial charge in [0.25, 0.3) is 0 Å². The Labute approximate surface area is 133 Å². The van der Waals surface area contributed by atoms with Crippen LogP contribution in [0.5, 0.6) is 0 Å². The second-order valence-electron chi connectivity index (χ2n) is 5.07. The van der Waals surface area contributed by atoms with E-state index in [2.05, 4.69) is 15.3 Å². The van der Waals surface area contributed by atoms with Crippen molar-refractivity contribution in [3.8, 4) is 0 Å². The molecule has 7 nitrogen and oxygen atoms in total. The van der Waals surface area contributed by atoms with Crippen LogP contribution in [0.4, 0.5) is 0 Å². The zero-order valence-electron chi connectivity index (χ0n) is 12.5. The zero-order chi connectivity index (χ0) is 16.5. The molecular weight excluding hydrogens is 296 g/mol. The summed E-state index contributed by atoms with van der Waals surface area (Å²) in [6, 6.07) is 6.28. The van der Waals surface area contributed by atoms with Crippen molar-refractivity contribution >= 4 is 11.9 Å². The highest BCUT2D eigenvalue weighted by Gasteiger charge is 2.18. The smallest absolute Gasteiger partial charge is 0.226 e. The van der Waals surface area contributed by atoms with Crippen LogP contribution in [-0.2, 0) is 22.7 Å². The molecule has 23 heavy (non-hydrogen) atoms. The summed E-state index contributed by atoms with van der Waals surface area (Å²) in [5, 5.41) is 15.4. The predicted octanol–water partition coefficient (Wildman–Crippen LogP) is -1.63. The van der Waals surface area contributed by atoms with Crippen molar-refractivity contribution in [1.29, 1.82) is 0 Å². The lowest BCUT2D eigenvalue weighted by Crippen LogP contribution is -2.92. The Bertz CT molecular complexity index is 634. The number of carbonyl (C=O) groups is 2. The molecule has 0 aliphatic carbocycles. The van der Waals surface area contributed by atoms with Crippen molar-refractivity contribution in [2.75, 3.05) is 0 Å². The van der Waals surface area contributed by atoms with Gasteiger partial charge in [0.1, 0.15) is 12.6 Å². The summed E-state index contributed by atoms with van der Waals surface area (Å²) in [4.78, 5) is 31.0. The van der Waals surface area contributed by atoms with E-state index < -0.39 is 12.0 Å². The molecule has 0 saturated carbocycles. The van der Waals surface area contributed by atoms with Crippen LogP contribution < -0.4 is 15.7 Å². The highest BCUT2D eigenvalue weighted by molar-refractivity contribution is 5.82. The first-order valence-corrected chi connectivity index (χ1v) is 7.24. The summed E-state index contributed by atoms with van der Waals surface area (Å²) in [5.74, 6) is -1.60. The van der Waals surface area contributed by atoms with E-state index in [0.717, 1.165) is 11.1 Å². The standard InChI is InChI=1S/C16H18N4O3/c21-15(20-11-13-4-2-6-18-9-13)7-14(16(22)23)19-10-12-3-1-5-17-8-12/h1-6,8-9,14,19H,7,10-11H2,(H,20,21)(H,22,23)/t14-/m1/s1. The first-order chi connectivity index (χ1) is 11.1. The number of pyridine rings is 2. The monoisotopic (exact) mass is 314 g/mol. The number of carbonyl (C=O) groups excluding carboxylic acids is 2. The lowest BCUT2D eigenvalue weighted by atomic mass is 10.1. The molecule has 2 aromatic heterocycles. The lowest BCUT2D eigenvalue weighted by Gasteiger charge is -2.16. The zero-order valence-corrected chi connectivity index (χ0v) is 12.5. The van der Waals surface area contributed by atoms with E-state index in [1.54, 1.807) is 42.2 Å². The fourth-order valence-electron chi connectivity index (χ4n) is 2.04. The van der Waals surface area contributed by atoms with Crippen molar-refractivity contribution in [3.63, 3.8) is 0 Å². The van der Waals surface area contributed by atoms with Gasteiger partial charge >= 0.3 is 0 Å². The van der Waals surface area contributed by atoms with Gasteiger partial charge in [0.2, 0.25) is 5.91 Å². The van der Waals surface area contributed by atoms with Crippen LogP contribution in [0.3, 0.4) is 0 Å². The average molecular weight is 314 g/mol. The number of amides is 1. The second kappa shape index (κ2) is 8.60. The Morgan fingerprint density at radius 3 is 2.35 bits per heavy atom. The largest absolute Gasteiger partial charge is 0.544 e. The summed E-state index contributed by atoms with van der Waals surface area (Å²) in [5.41, 5.74) is 1.74. The van der Waals surface area contributed by atoms with Crippen molar-refractivity contribution in [2.24, 2.45) is 0 Å². The van der Waals surface area contributed by atoms with Gasteiger partial charge in [-0.3, -0.25) is 14.8 Å². The number of aromatic nitrogens is 2. The predicted molar refractivity (Wildman–Crippen MR) is 79.4 cm³/mol. The summed E-state index contributed by atoms with van der Waals surface area (Å²) >= 11 is 0. The van der Waals surface area contributed by atoms with Gasteiger partial charge in [-0.1, -0.05) is 12.1 Å². The summed E-state index contributed by atoms with van der Waals surface area (Å²) in [7, 11) is 0. The van der Waals surface area contributed by atoms with E-state index in [1.165, 1.54) is 0 Å². The Balaban J connectivity index is 1.81. The van der Waals surface area contributed by atoms with E-state index in [1.807, 2.05) is 12.1 Å². The molecule has 2 rings (SSSR count). The first kappa shape index (κ1) is 16.6. The van der Waals surface area contributed by atoms with E-state index in [0.29, 0.717) is 13.1 Å². The minimum Gasteiger partial charge on any atom is -0.544 e. The van der Waals surface area contributed by atoms with Crippen molar-refractivity contribution in [3.05, 3.63) is 60.2 Å². The van der Waals surface area contributed by atoms with Gasteiger partial charge in [-0.25, -0.2) is 0 Å². The maximum Gasteiger partial charge on any atom is 0.226 e. The summed E-state index contributed by atoms with van der Waals surface area (Å²) in [6.45, 7) is 0.734. The number of nitrogens with one attached hydrogen (secondary N) is 1. The topological polar surface area (TPSA) is 112 Å². The number of quaternary nitrogens is 1. The molecule has 2 heterocycles. The van der Waals surface area contributed by atoms with Crippen LogP contribution in [0, 0.1) is 0 Å². The molecule has 0 bridgehead atoms. The number of carboxylic acid groups (broad SMARTS) is 1. The molecule has 0 spiro atoms. The molecule has 0 aliphatic rings. The number of aliphatic carboxylic acids is 1. The van der Waals surface area contributed by atoms with Crippen molar-refractivity contribution in [2.45, 2.75) is 25.6 Å². The molecule has 0 saturated heterocycles. The molecule has 3 N–H and O–H groups in total. The van der Waals surface area contributed by atoms with E-state index in [9.17, 15) is 14.7 Å². The SMILES string of the molecule is O=C(C[C@@H]([NH2+]Cc1cccnc1)C(=O)[O-])NCc1cccnc1. The normalized spacial score (nSPS) is 11.7. The number of carboxylic acids is 1. The molecule has 2 aromatic rings. The van der Waals surface area contributed by atoms with Crippen LogP contribution in [0.25, 0.3) is 0 Å². The van der Waals surface area contributed by atoms with Crippen LogP contribution >= 0.6 is 0 Å². The maximum atomic E-state index is 11.9. The fraction of sp³-hybridized carbons (Fsp3) is 0.250. The van der Waals surface area contributed by atoms with Crippen LogP contribution in [0.2, 0.25) is 0 Å². The molecule has 0 fully saturated rings. The van der Waals surface area contributed by atoms with Gasteiger partial charge < -0.3 is 20.5 Å². The van der Waals surface area contributed by atoms with Crippen molar-refractivity contribution < 1.29 is 20.0 Å². The number of nitrogens with two attached hydrogens (primary N) is 1. The van der Waals surface area contributed by atoms with Gasteiger partial charge in [-0.05, 0) is 17.7 Å². The number of rotatable bonds is 8. The summed E-state index contributed by atoms with van der Waals surface area (Å²) in [6.07, 6.45) is 6.44. The summed E-state index contributed by atoms with van der Waals surface area (Å²) < 4.78 is 0. The molecule has 0 unspecified atom stereocenters. The Morgan fingerprint density at radius 2 is 1.78 bits per heavy atom. The molecule has 1 atom stereocenters. The first-order valence-electron chi connectivity index (χ1n) is 7.24. The Kier molecular flexibility index (Phi) is 6.19. The molecular formula is C16H18N4O3. The van der Waals surface area contributed by atoms with Crippen molar-refractivity contribution in [1.82, 2.24) is 15.3 Å². The highest BCUT2D eigenvalue weighted by Crippen LogP contribution is 1.96. The third kappa shape index (κ3) is 5.84. The minimum absolute atomic E-state index is 0.150. The van der Waals surface area contributed by atoms with Gasteiger partial charge in [-0.15, -0.1) is 0 Å². The highest BCUT2D eigenvalue weighted by atomic mass is 16.4. The van der Waals surface area contributed by atoms with E-state index in [-0.39, 0.29) is 12.3 Å². The number of nitrogens with zero attached hydrogens (tertiary/aromatic N) is 2. The van der Waals surface area contributed by atoms with E-state index in [4.69, 9.17) is 0 Å². The van der Waals surface area contributed by atoms with Gasteiger partial charge in [0, 0.05) is 36.9 Å². The third-order valence-electron chi connectivity index (χ3n) is 3.28. The Morgan fingerprint density at radius 1 is 1.13 bits per heavy atom. The van der Waals surface area contributed by atoms with E-state index >= 15 is 0 Å². The average Bonchev–Trinajstić information content (AvgIpc) is 2.58. The number of hydrogen-bond acceptors (Lipinski definition) is 5. The molecule has 0 radical (unpaired) electrons. The number of hydrogen-bond donors (Lipinski definition) is 2. The minimum atomic E-state index is -1.26. The quantitative estimate of drug-likeness (QED) is 0.607. The molecule has 1 amide bonds. The van der Waals surface area contributed by atoms with Gasteiger partial charge in [-0.2, -0.15) is 0 Å². The molecule has 0 aromatic carbocycles. The molecule has 7 heteroatoms. The van der Waals surface area contributed by atoms with Gasteiger partial charge in [0.05, 0.1) is 12.4 Å². The molecule has 0 aliphatic heterocycles.